The molecule has 0 unspecified atom stereocenters. The molecule has 0 saturated carbocycles. The fraction of sp³-hybridized carbons (Fsp3) is 0. The van der Waals surface area contributed by atoms with Gasteiger partial charge >= 0.3 is 0 Å². The summed E-state index contributed by atoms with van der Waals surface area (Å²) >= 11 is 1.87. The normalized spacial score (nSPS) is 11.5. The molecule has 52 heavy (non-hydrogen) atoms. The van der Waals surface area contributed by atoms with Gasteiger partial charge in [-0.25, -0.2) is 0 Å². The number of hydrogen-bond donors (Lipinski definition) is 0. The highest BCUT2D eigenvalue weighted by molar-refractivity contribution is 7.26. The van der Waals surface area contributed by atoms with Crippen LogP contribution in [-0.2, 0) is 0 Å². The molecule has 244 valence electrons. The second-order valence-electron chi connectivity index (χ2n) is 13.4. The molecule has 9 aromatic carbocycles. The third-order valence-electron chi connectivity index (χ3n) is 10.2. The van der Waals surface area contributed by atoms with Crippen LogP contribution in [0, 0.1) is 0 Å². The Bertz CT molecular complexity index is 2890. The number of hydrogen-bond acceptors (Lipinski definition) is 2. The van der Waals surface area contributed by atoms with Gasteiger partial charge in [-0.1, -0.05) is 140 Å². The third-order valence-corrected chi connectivity index (χ3v) is 11.4. The number of benzene rings is 9. The van der Waals surface area contributed by atoms with E-state index in [0.29, 0.717) is 0 Å². The number of anilines is 3. The smallest absolute Gasteiger partial charge is 0.0467 e. The van der Waals surface area contributed by atoms with E-state index in [-0.39, 0.29) is 0 Å². The highest BCUT2D eigenvalue weighted by Crippen LogP contribution is 2.41. The molecule has 0 aliphatic rings. The molecule has 0 atom stereocenters. The van der Waals surface area contributed by atoms with Crippen molar-refractivity contribution in [3.8, 4) is 33.4 Å². The van der Waals surface area contributed by atoms with Crippen molar-refractivity contribution in [2.45, 2.75) is 0 Å². The fourth-order valence-corrected chi connectivity index (χ4v) is 8.72. The Labute approximate surface area is 307 Å². The summed E-state index contributed by atoms with van der Waals surface area (Å²) in [5.41, 5.74) is 10.6. The Kier molecular flexibility index (Phi) is 7.41. The summed E-state index contributed by atoms with van der Waals surface area (Å²) in [6.45, 7) is 0. The first-order chi connectivity index (χ1) is 25.7. The van der Waals surface area contributed by atoms with Gasteiger partial charge in [0, 0.05) is 37.2 Å². The van der Waals surface area contributed by atoms with Gasteiger partial charge in [0.15, 0.2) is 0 Å². The molecule has 0 saturated heterocycles. The molecule has 1 nitrogen and oxygen atoms in total. The number of thiophene rings is 1. The van der Waals surface area contributed by atoms with Crippen molar-refractivity contribution < 1.29 is 0 Å². The van der Waals surface area contributed by atoms with Crippen LogP contribution in [0.1, 0.15) is 0 Å². The maximum Gasteiger partial charge on any atom is 0.0467 e. The topological polar surface area (TPSA) is 3.24 Å². The van der Waals surface area contributed by atoms with Crippen molar-refractivity contribution >= 4 is 70.1 Å². The first-order valence-electron chi connectivity index (χ1n) is 17.7. The molecule has 10 aromatic rings. The van der Waals surface area contributed by atoms with E-state index in [1.165, 1.54) is 75.1 Å². The predicted octanol–water partition coefficient (Wildman–Crippen LogP) is 14.8. The summed E-state index contributed by atoms with van der Waals surface area (Å²) < 4.78 is 2.67. The van der Waals surface area contributed by atoms with Crippen LogP contribution in [-0.4, -0.2) is 0 Å². The lowest BCUT2D eigenvalue weighted by molar-refractivity contribution is 1.28. The lowest BCUT2D eigenvalue weighted by atomic mass is 9.97. The van der Waals surface area contributed by atoms with Crippen LogP contribution in [0.15, 0.2) is 200 Å². The summed E-state index contributed by atoms with van der Waals surface area (Å²) in [6, 6.07) is 72.9. The molecule has 10 rings (SSSR count). The second kappa shape index (κ2) is 12.7. The average Bonchev–Trinajstić information content (AvgIpc) is 3.61. The maximum atomic E-state index is 2.37. The summed E-state index contributed by atoms with van der Waals surface area (Å²) in [4.78, 5) is 2.37. The van der Waals surface area contributed by atoms with Gasteiger partial charge in [0.1, 0.15) is 0 Å². The first kappa shape index (κ1) is 30.4. The molecule has 0 N–H and O–H groups in total. The minimum absolute atomic E-state index is 1.11. The molecular formula is C50H33NS. The van der Waals surface area contributed by atoms with Gasteiger partial charge in [-0.3, -0.25) is 0 Å². The van der Waals surface area contributed by atoms with Gasteiger partial charge in [0.05, 0.1) is 0 Å². The number of fused-ring (bicyclic) bond motifs is 6. The van der Waals surface area contributed by atoms with Crippen LogP contribution in [0.5, 0.6) is 0 Å². The minimum atomic E-state index is 1.11. The van der Waals surface area contributed by atoms with E-state index in [1.807, 2.05) is 11.3 Å². The standard InChI is InChI=1S/C50H33NS/c1-2-9-34(10-3-1)36-21-26-43(27-22-36)51(45-14-8-13-40(32-45)41-19-17-35-11-4-5-12-39(35)31-41)44-28-23-37(24-29-44)42-20-18-38-25-30-49-50(47(38)33-42)46-15-6-7-16-48(46)52-49/h1-33H. The van der Waals surface area contributed by atoms with Crippen molar-refractivity contribution in [2.24, 2.45) is 0 Å². The van der Waals surface area contributed by atoms with Crippen molar-refractivity contribution in [3.63, 3.8) is 0 Å². The molecule has 0 fully saturated rings. The Morgan fingerprint density at radius 1 is 0.288 bits per heavy atom. The molecule has 2 heteroatoms. The van der Waals surface area contributed by atoms with E-state index in [1.54, 1.807) is 0 Å². The molecule has 0 spiro atoms. The molecular weight excluding hydrogens is 647 g/mol. The van der Waals surface area contributed by atoms with E-state index < -0.39 is 0 Å². The third kappa shape index (κ3) is 5.42. The zero-order valence-corrected chi connectivity index (χ0v) is 29.2. The van der Waals surface area contributed by atoms with E-state index in [0.717, 1.165) is 17.1 Å². The first-order valence-corrected chi connectivity index (χ1v) is 18.6. The second-order valence-corrected chi connectivity index (χ2v) is 14.5. The number of nitrogens with zero attached hydrogens (tertiary/aromatic N) is 1. The van der Waals surface area contributed by atoms with Crippen molar-refractivity contribution in [1.29, 1.82) is 0 Å². The monoisotopic (exact) mass is 679 g/mol. The highest BCUT2D eigenvalue weighted by Gasteiger charge is 2.15. The van der Waals surface area contributed by atoms with Crippen LogP contribution >= 0.6 is 11.3 Å². The summed E-state index contributed by atoms with van der Waals surface area (Å²) in [6.07, 6.45) is 0. The van der Waals surface area contributed by atoms with Crippen LogP contribution < -0.4 is 4.90 Å². The lowest BCUT2D eigenvalue weighted by Gasteiger charge is -2.26. The summed E-state index contributed by atoms with van der Waals surface area (Å²) in [5.74, 6) is 0. The quantitative estimate of drug-likeness (QED) is 0.169. The Hall–Kier alpha value is -6.48. The highest BCUT2D eigenvalue weighted by atomic mass is 32.1. The van der Waals surface area contributed by atoms with Crippen molar-refractivity contribution in [1.82, 2.24) is 0 Å². The van der Waals surface area contributed by atoms with Crippen LogP contribution in [0.2, 0.25) is 0 Å². The SMILES string of the molecule is c1ccc(-c2ccc(N(c3ccc(-c4ccc5ccc6sc7ccccc7c6c5c4)cc3)c3cccc(-c4ccc5ccccc5c4)c3)cc2)cc1. The fourth-order valence-electron chi connectivity index (χ4n) is 7.60. The Balaban J connectivity index is 1.06. The zero-order valence-electron chi connectivity index (χ0n) is 28.4. The van der Waals surface area contributed by atoms with Gasteiger partial charge in [-0.2, -0.15) is 0 Å². The molecule has 0 amide bonds. The lowest BCUT2D eigenvalue weighted by Crippen LogP contribution is -2.10. The van der Waals surface area contributed by atoms with E-state index in [2.05, 4.69) is 205 Å². The molecule has 0 aliphatic heterocycles. The predicted molar refractivity (Wildman–Crippen MR) is 225 cm³/mol. The van der Waals surface area contributed by atoms with E-state index >= 15 is 0 Å². The van der Waals surface area contributed by atoms with Gasteiger partial charge in [-0.05, 0) is 116 Å². The maximum absolute atomic E-state index is 2.37. The zero-order chi connectivity index (χ0) is 34.4. The number of rotatable bonds is 6. The molecule has 1 heterocycles. The van der Waals surface area contributed by atoms with E-state index in [9.17, 15) is 0 Å². The van der Waals surface area contributed by atoms with Crippen molar-refractivity contribution in [2.75, 3.05) is 4.90 Å². The van der Waals surface area contributed by atoms with Gasteiger partial charge < -0.3 is 4.90 Å². The van der Waals surface area contributed by atoms with E-state index in [4.69, 9.17) is 0 Å². The van der Waals surface area contributed by atoms with Gasteiger partial charge in [-0.15, -0.1) is 11.3 Å². The van der Waals surface area contributed by atoms with Crippen LogP contribution in [0.4, 0.5) is 17.1 Å². The van der Waals surface area contributed by atoms with Crippen LogP contribution in [0.3, 0.4) is 0 Å². The Morgan fingerprint density at radius 3 is 1.63 bits per heavy atom. The Morgan fingerprint density at radius 2 is 0.846 bits per heavy atom. The average molecular weight is 680 g/mol. The van der Waals surface area contributed by atoms with Gasteiger partial charge in [0.2, 0.25) is 0 Å². The molecule has 0 aliphatic carbocycles. The largest absolute Gasteiger partial charge is 0.310 e. The molecule has 0 radical (unpaired) electrons. The van der Waals surface area contributed by atoms with Crippen molar-refractivity contribution in [3.05, 3.63) is 200 Å². The summed E-state index contributed by atoms with van der Waals surface area (Å²) in [5, 5.41) is 7.77. The minimum Gasteiger partial charge on any atom is -0.310 e. The molecule has 0 bridgehead atoms. The molecule has 1 aromatic heterocycles. The van der Waals surface area contributed by atoms with Crippen LogP contribution in [0.25, 0.3) is 75.1 Å². The van der Waals surface area contributed by atoms with Gasteiger partial charge in [0.25, 0.3) is 0 Å². The summed E-state index contributed by atoms with van der Waals surface area (Å²) in [7, 11) is 0.